The van der Waals surface area contributed by atoms with Crippen LogP contribution < -0.4 is 5.32 Å². The van der Waals surface area contributed by atoms with Gasteiger partial charge in [0.15, 0.2) is 0 Å². The minimum atomic E-state index is -0.676. The van der Waals surface area contributed by atoms with Gasteiger partial charge in [0.05, 0.1) is 12.7 Å². The normalized spacial score (nSPS) is 10.8. The van der Waals surface area contributed by atoms with E-state index in [9.17, 15) is 8.78 Å². The average Bonchev–Trinajstić information content (AvgIpc) is 2.83. The van der Waals surface area contributed by atoms with E-state index in [0.717, 1.165) is 0 Å². The summed E-state index contributed by atoms with van der Waals surface area (Å²) in [5.41, 5.74) is 0.364. The van der Waals surface area contributed by atoms with Crippen LogP contribution >= 0.6 is 15.9 Å². The molecule has 0 atom stereocenters. The molecule has 0 fully saturated rings. The van der Waals surface area contributed by atoms with E-state index in [0.29, 0.717) is 23.1 Å². The van der Waals surface area contributed by atoms with Gasteiger partial charge in [0.25, 0.3) is 0 Å². The van der Waals surface area contributed by atoms with Crippen molar-refractivity contribution in [2.45, 2.75) is 19.5 Å². The van der Waals surface area contributed by atoms with Crippen molar-refractivity contribution in [2.75, 3.05) is 11.9 Å². The van der Waals surface area contributed by atoms with Gasteiger partial charge < -0.3 is 10.4 Å². The monoisotopic (exact) mass is 346 g/mol. The van der Waals surface area contributed by atoms with Gasteiger partial charge >= 0.3 is 0 Å². The number of anilines is 1. The van der Waals surface area contributed by atoms with Gasteiger partial charge in [-0.05, 0) is 18.6 Å². The van der Waals surface area contributed by atoms with Crippen LogP contribution in [0.3, 0.4) is 0 Å². The lowest BCUT2D eigenvalue weighted by Crippen LogP contribution is -2.04. The summed E-state index contributed by atoms with van der Waals surface area (Å²) >= 11 is 3.02. The van der Waals surface area contributed by atoms with E-state index in [1.165, 1.54) is 12.1 Å². The predicted octanol–water partition coefficient (Wildman–Crippen LogP) is 2.31. The first kappa shape index (κ1) is 14.9. The SMILES string of the molecule is OCCCn1cc(CNc2c(F)cc(Br)cc2F)nn1. The highest BCUT2D eigenvalue weighted by atomic mass is 79.9. The standard InChI is InChI=1S/C12H13BrF2N4O/c13-8-4-10(14)12(11(15)5-8)16-6-9-7-19(18-17-9)2-1-3-20/h4-5,7,16,20H,1-3,6H2. The highest BCUT2D eigenvalue weighted by Gasteiger charge is 2.11. The fourth-order valence-electron chi connectivity index (χ4n) is 1.65. The highest BCUT2D eigenvalue weighted by molar-refractivity contribution is 9.10. The molecule has 1 aromatic carbocycles. The van der Waals surface area contributed by atoms with Crippen LogP contribution in [0.2, 0.25) is 0 Å². The van der Waals surface area contributed by atoms with E-state index >= 15 is 0 Å². The van der Waals surface area contributed by atoms with Crippen molar-refractivity contribution in [3.05, 3.63) is 40.1 Å². The van der Waals surface area contributed by atoms with Gasteiger partial charge in [0, 0.05) is 17.6 Å². The number of aliphatic hydroxyl groups is 1. The summed E-state index contributed by atoms with van der Waals surface area (Å²) < 4.78 is 29.1. The Balaban J connectivity index is 2.00. The Kier molecular flexibility index (Phi) is 5.02. The van der Waals surface area contributed by atoms with E-state index < -0.39 is 11.6 Å². The number of hydrogen-bond acceptors (Lipinski definition) is 4. The zero-order valence-electron chi connectivity index (χ0n) is 10.5. The molecule has 0 saturated heterocycles. The van der Waals surface area contributed by atoms with Crippen molar-refractivity contribution < 1.29 is 13.9 Å². The number of halogens is 3. The number of aliphatic hydroxyl groups excluding tert-OH is 1. The third-order valence-electron chi connectivity index (χ3n) is 2.58. The fraction of sp³-hybridized carbons (Fsp3) is 0.333. The first-order chi connectivity index (χ1) is 9.60. The predicted molar refractivity (Wildman–Crippen MR) is 73.1 cm³/mol. The number of rotatable bonds is 6. The van der Waals surface area contributed by atoms with Gasteiger partial charge in [-0.2, -0.15) is 0 Å². The quantitative estimate of drug-likeness (QED) is 0.842. The summed E-state index contributed by atoms with van der Waals surface area (Å²) in [6.45, 7) is 0.780. The topological polar surface area (TPSA) is 63.0 Å². The summed E-state index contributed by atoms with van der Waals surface area (Å²) in [6, 6.07) is 2.37. The lowest BCUT2D eigenvalue weighted by atomic mass is 10.3. The molecular formula is C12H13BrF2N4O. The Morgan fingerprint density at radius 1 is 1.30 bits per heavy atom. The molecule has 2 aromatic rings. The molecule has 1 aromatic heterocycles. The average molecular weight is 347 g/mol. The highest BCUT2D eigenvalue weighted by Crippen LogP contribution is 2.24. The largest absolute Gasteiger partial charge is 0.396 e. The van der Waals surface area contributed by atoms with Gasteiger partial charge in [0.2, 0.25) is 0 Å². The second kappa shape index (κ2) is 6.76. The van der Waals surface area contributed by atoms with Gasteiger partial charge in [-0.3, -0.25) is 4.68 Å². The lowest BCUT2D eigenvalue weighted by molar-refractivity contribution is 0.276. The molecule has 0 saturated carbocycles. The molecule has 2 rings (SSSR count). The van der Waals surface area contributed by atoms with Gasteiger partial charge in [-0.25, -0.2) is 8.78 Å². The van der Waals surface area contributed by atoms with Crippen molar-refractivity contribution in [3.8, 4) is 0 Å². The van der Waals surface area contributed by atoms with Gasteiger partial charge in [0.1, 0.15) is 23.0 Å². The smallest absolute Gasteiger partial charge is 0.150 e. The van der Waals surface area contributed by atoms with Crippen LogP contribution in [0.5, 0.6) is 0 Å². The van der Waals surface area contributed by atoms with E-state index in [2.05, 4.69) is 31.6 Å². The van der Waals surface area contributed by atoms with E-state index in [-0.39, 0.29) is 18.8 Å². The zero-order valence-corrected chi connectivity index (χ0v) is 12.1. The Bertz CT molecular complexity index is 568. The number of nitrogens with one attached hydrogen (secondary N) is 1. The summed E-state index contributed by atoms with van der Waals surface area (Å²) in [5, 5.41) is 19.1. The summed E-state index contributed by atoms with van der Waals surface area (Å²) in [7, 11) is 0. The number of benzene rings is 1. The summed E-state index contributed by atoms with van der Waals surface area (Å²) in [4.78, 5) is 0. The third kappa shape index (κ3) is 3.73. The van der Waals surface area contributed by atoms with Crippen LogP contribution in [-0.4, -0.2) is 26.7 Å². The number of hydrogen-bond donors (Lipinski definition) is 2. The molecule has 0 amide bonds. The third-order valence-corrected chi connectivity index (χ3v) is 3.04. The van der Waals surface area contributed by atoms with Crippen LogP contribution in [0.1, 0.15) is 12.1 Å². The van der Waals surface area contributed by atoms with Crippen LogP contribution in [0.25, 0.3) is 0 Å². The van der Waals surface area contributed by atoms with E-state index in [1.807, 2.05) is 0 Å². The number of nitrogens with zero attached hydrogens (tertiary/aromatic N) is 3. The Hall–Kier alpha value is -1.54. The van der Waals surface area contributed by atoms with Crippen molar-refractivity contribution in [3.63, 3.8) is 0 Å². The van der Waals surface area contributed by atoms with Crippen molar-refractivity contribution in [2.24, 2.45) is 0 Å². The van der Waals surface area contributed by atoms with Crippen molar-refractivity contribution in [1.29, 1.82) is 0 Å². The van der Waals surface area contributed by atoms with Gasteiger partial charge in [-0.1, -0.05) is 21.1 Å². The van der Waals surface area contributed by atoms with Gasteiger partial charge in [-0.15, -0.1) is 5.10 Å². The zero-order chi connectivity index (χ0) is 14.5. The molecule has 0 aliphatic rings. The first-order valence-corrected chi connectivity index (χ1v) is 6.77. The maximum absolute atomic E-state index is 13.6. The first-order valence-electron chi connectivity index (χ1n) is 5.98. The fourth-order valence-corrected chi connectivity index (χ4v) is 2.05. The molecule has 2 N–H and O–H groups in total. The molecule has 20 heavy (non-hydrogen) atoms. The Morgan fingerprint density at radius 2 is 2.00 bits per heavy atom. The summed E-state index contributed by atoms with van der Waals surface area (Å²) in [5.74, 6) is -1.35. The molecule has 1 heterocycles. The second-order valence-electron chi connectivity index (χ2n) is 4.15. The van der Waals surface area contributed by atoms with Crippen LogP contribution in [-0.2, 0) is 13.1 Å². The van der Waals surface area contributed by atoms with Crippen molar-refractivity contribution >= 4 is 21.6 Å². The van der Waals surface area contributed by atoms with Crippen LogP contribution in [0.15, 0.2) is 22.8 Å². The molecule has 0 radical (unpaired) electrons. The molecular weight excluding hydrogens is 334 g/mol. The lowest BCUT2D eigenvalue weighted by Gasteiger charge is -2.07. The molecule has 0 bridgehead atoms. The maximum atomic E-state index is 13.6. The molecule has 8 heteroatoms. The van der Waals surface area contributed by atoms with Crippen LogP contribution in [0, 0.1) is 11.6 Å². The molecule has 5 nitrogen and oxygen atoms in total. The molecule has 108 valence electrons. The molecule has 0 unspecified atom stereocenters. The maximum Gasteiger partial charge on any atom is 0.150 e. The van der Waals surface area contributed by atoms with Crippen LogP contribution in [0.4, 0.5) is 14.5 Å². The molecule has 0 aliphatic heterocycles. The van der Waals surface area contributed by atoms with E-state index in [1.54, 1.807) is 10.9 Å². The Morgan fingerprint density at radius 3 is 2.65 bits per heavy atom. The minimum Gasteiger partial charge on any atom is -0.396 e. The van der Waals surface area contributed by atoms with Crippen molar-refractivity contribution in [1.82, 2.24) is 15.0 Å². The minimum absolute atomic E-state index is 0.0722. The number of aromatic nitrogens is 3. The van der Waals surface area contributed by atoms with E-state index in [4.69, 9.17) is 5.11 Å². The second-order valence-corrected chi connectivity index (χ2v) is 5.06. The number of aryl methyl sites for hydroxylation is 1. The Labute approximate surface area is 122 Å². The summed E-state index contributed by atoms with van der Waals surface area (Å²) in [6.07, 6.45) is 2.24. The molecule has 0 aliphatic carbocycles. The molecule has 0 spiro atoms.